The third kappa shape index (κ3) is 4.34. The Morgan fingerprint density at radius 1 is 1.08 bits per heavy atom. The predicted octanol–water partition coefficient (Wildman–Crippen LogP) is 4.70. The van der Waals surface area contributed by atoms with Gasteiger partial charge < -0.3 is 10.6 Å². The molecule has 0 aliphatic heterocycles. The normalized spacial score (nSPS) is 10.4. The zero-order valence-electron chi connectivity index (χ0n) is 13.2. The Morgan fingerprint density at radius 3 is 2.54 bits per heavy atom. The summed E-state index contributed by atoms with van der Waals surface area (Å²) in [6, 6.07) is 15.7. The summed E-state index contributed by atoms with van der Waals surface area (Å²) in [5.41, 5.74) is 4.22. The molecule has 1 aromatic heterocycles. The van der Waals surface area contributed by atoms with Crippen molar-refractivity contribution < 1.29 is 0 Å². The number of aromatic nitrogens is 2. The summed E-state index contributed by atoms with van der Waals surface area (Å²) in [5, 5.41) is 11.8. The van der Waals surface area contributed by atoms with Crippen molar-refractivity contribution in [2.75, 3.05) is 10.6 Å². The van der Waals surface area contributed by atoms with Crippen molar-refractivity contribution in [3.63, 3.8) is 0 Å². The van der Waals surface area contributed by atoms with Gasteiger partial charge in [0.25, 0.3) is 0 Å². The third-order valence-electron chi connectivity index (χ3n) is 3.59. The van der Waals surface area contributed by atoms with Gasteiger partial charge in [-0.25, -0.2) is 0 Å². The summed E-state index contributed by atoms with van der Waals surface area (Å²) < 4.78 is 1.88. The summed E-state index contributed by atoms with van der Waals surface area (Å²) in [4.78, 5) is 0. The van der Waals surface area contributed by atoms with E-state index in [0.717, 1.165) is 17.9 Å². The Morgan fingerprint density at radius 2 is 1.79 bits per heavy atom. The van der Waals surface area contributed by atoms with Crippen molar-refractivity contribution in [3.05, 3.63) is 77.1 Å². The van der Waals surface area contributed by atoms with Gasteiger partial charge in [-0.15, -0.1) is 0 Å². The molecule has 0 aliphatic rings. The lowest BCUT2D eigenvalue weighted by atomic mass is 10.1. The first-order chi connectivity index (χ1) is 11.6. The number of aryl methyl sites for hydroxylation is 1. The minimum atomic E-state index is 0.507. The van der Waals surface area contributed by atoms with E-state index in [1.807, 2.05) is 47.3 Å². The van der Waals surface area contributed by atoms with Crippen LogP contribution >= 0.6 is 23.8 Å². The molecule has 3 rings (SSSR count). The highest BCUT2D eigenvalue weighted by Crippen LogP contribution is 2.15. The molecule has 122 valence electrons. The van der Waals surface area contributed by atoms with E-state index in [4.69, 9.17) is 23.8 Å². The molecule has 0 unspecified atom stereocenters. The molecule has 0 saturated carbocycles. The number of hydrogen-bond donors (Lipinski definition) is 2. The molecule has 2 N–H and O–H groups in total. The largest absolute Gasteiger partial charge is 0.332 e. The maximum absolute atomic E-state index is 5.87. The van der Waals surface area contributed by atoms with Gasteiger partial charge >= 0.3 is 0 Å². The molecule has 0 saturated heterocycles. The third-order valence-corrected chi connectivity index (χ3v) is 4.04. The summed E-state index contributed by atoms with van der Waals surface area (Å²) in [7, 11) is 0. The van der Waals surface area contributed by atoms with Gasteiger partial charge in [0.2, 0.25) is 0 Å². The fourth-order valence-corrected chi connectivity index (χ4v) is 2.66. The number of rotatable bonds is 4. The van der Waals surface area contributed by atoms with E-state index in [9.17, 15) is 0 Å². The standard InChI is InChI=1S/C18H17ClN4S/c1-13-4-2-3-5-14(13)11-23-12-17(10-20-23)22-18(24)21-16-8-6-15(19)7-9-16/h2-10,12H,11H2,1H3,(H2,21,22,24). The lowest BCUT2D eigenvalue weighted by molar-refractivity contribution is 0.684. The molecule has 0 bridgehead atoms. The number of nitrogens with zero attached hydrogens (tertiary/aromatic N) is 2. The smallest absolute Gasteiger partial charge is 0.175 e. The van der Waals surface area contributed by atoms with E-state index in [0.29, 0.717) is 10.1 Å². The van der Waals surface area contributed by atoms with E-state index in [1.54, 1.807) is 6.20 Å². The van der Waals surface area contributed by atoms with E-state index >= 15 is 0 Å². The van der Waals surface area contributed by atoms with Crippen LogP contribution in [0.4, 0.5) is 11.4 Å². The Balaban J connectivity index is 1.60. The number of hydrogen-bond acceptors (Lipinski definition) is 2. The van der Waals surface area contributed by atoms with Crippen molar-refractivity contribution in [2.24, 2.45) is 0 Å². The highest BCUT2D eigenvalue weighted by atomic mass is 35.5. The van der Waals surface area contributed by atoms with Crippen molar-refractivity contribution in [2.45, 2.75) is 13.5 Å². The molecule has 0 atom stereocenters. The van der Waals surface area contributed by atoms with Crippen molar-refractivity contribution in [3.8, 4) is 0 Å². The van der Waals surface area contributed by atoms with Gasteiger partial charge in [-0.1, -0.05) is 35.9 Å². The van der Waals surface area contributed by atoms with Crippen LogP contribution in [0, 0.1) is 6.92 Å². The van der Waals surface area contributed by atoms with Gasteiger partial charge in [0.05, 0.1) is 18.4 Å². The molecule has 3 aromatic rings. The van der Waals surface area contributed by atoms with Crippen molar-refractivity contribution in [1.29, 1.82) is 0 Å². The van der Waals surface area contributed by atoms with Crippen LogP contribution in [0.15, 0.2) is 60.9 Å². The molecule has 0 amide bonds. The Labute approximate surface area is 151 Å². The zero-order chi connectivity index (χ0) is 16.9. The molecule has 0 radical (unpaired) electrons. The van der Waals surface area contributed by atoms with Crippen molar-refractivity contribution in [1.82, 2.24) is 9.78 Å². The lowest BCUT2D eigenvalue weighted by Gasteiger charge is -2.09. The molecule has 6 heteroatoms. The first-order valence-electron chi connectivity index (χ1n) is 7.51. The first kappa shape index (κ1) is 16.5. The molecular formula is C18H17ClN4S. The molecule has 0 fully saturated rings. The maximum atomic E-state index is 5.87. The fraction of sp³-hybridized carbons (Fsp3) is 0.111. The van der Waals surface area contributed by atoms with Crippen LogP contribution in [-0.2, 0) is 6.54 Å². The van der Waals surface area contributed by atoms with Gasteiger partial charge in [0, 0.05) is 16.9 Å². The fourth-order valence-electron chi connectivity index (χ4n) is 2.30. The van der Waals surface area contributed by atoms with Gasteiger partial charge in [-0.05, 0) is 54.5 Å². The van der Waals surface area contributed by atoms with E-state index in [2.05, 4.69) is 34.8 Å². The van der Waals surface area contributed by atoms with E-state index in [-0.39, 0.29) is 0 Å². The second-order valence-corrected chi connectivity index (χ2v) is 6.28. The predicted molar refractivity (Wildman–Crippen MR) is 104 cm³/mol. The lowest BCUT2D eigenvalue weighted by Crippen LogP contribution is -2.18. The van der Waals surface area contributed by atoms with Gasteiger partial charge in [0.1, 0.15) is 0 Å². The van der Waals surface area contributed by atoms with Crippen LogP contribution in [0.1, 0.15) is 11.1 Å². The maximum Gasteiger partial charge on any atom is 0.175 e. The number of thiocarbonyl (C=S) groups is 1. The SMILES string of the molecule is Cc1ccccc1Cn1cc(NC(=S)Nc2ccc(Cl)cc2)cn1. The average Bonchev–Trinajstić information content (AvgIpc) is 2.99. The van der Waals surface area contributed by atoms with Crippen LogP contribution in [0.5, 0.6) is 0 Å². The average molecular weight is 357 g/mol. The van der Waals surface area contributed by atoms with Gasteiger partial charge in [-0.3, -0.25) is 4.68 Å². The van der Waals surface area contributed by atoms with Crippen LogP contribution < -0.4 is 10.6 Å². The van der Waals surface area contributed by atoms with Gasteiger partial charge in [0.15, 0.2) is 5.11 Å². The monoisotopic (exact) mass is 356 g/mol. The summed E-state index contributed by atoms with van der Waals surface area (Å²) in [6.07, 6.45) is 3.69. The molecule has 24 heavy (non-hydrogen) atoms. The first-order valence-corrected chi connectivity index (χ1v) is 8.29. The molecule has 1 heterocycles. The number of nitrogens with one attached hydrogen (secondary N) is 2. The number of anilines is 2. The van der Waals surface area contributed by atoms with Gasteiger partial charge in [-0.2, -0.15) is 5.10 Å². The molecule has 2 aromatic carbocycles. The quantitative estimate of drug-likeness (QED) is 0.665. The highest BCUT2D eigenvalue weighted by Gasteiger charge is 2.04. The molecule has 0 aliphatic carbocycles. The van der Waals surface area contributed by atoms with E-state index < -0.39 is 0 Å². The molecule has 0 spiro atoms. The highest BCUT2D eigenvalue weighted by molar-refractivity contribution is 7.80. The van der Waals surface area contributed by atoms with Crippen LogP contribution in [0.25, 0.3) is 0 Å². The van der Waals surface area contributed by atoms with E-state index in [1.165, 1.54) is 11.1 Å². The van der Waals surface area contributed by atoms with Crippen molar-refractivity contribution >= 4 is 40.3 Å². The molecular weight excluding hydrogens is 340 g/mol. The zero-order valence-corrected chi connectivity index (χ0v) is 14.7. The minimum absolute atomic E-state index is 0.507. The summed E-state index contributed by atoms with van der Waals surface area (Å²) in [6.45, 7) is 2.83. The Hall–Kier alpha value is -2.37. The van der Waals surface area contributed by atoms with Crippen LogP contribution in [0.2, 0.25) is 5.02 Å². The second kappa shape index (κ2) is 7.47. The number of halogens is 1. The second-order valence-electron chi connectivity index (χ2n) is 5.44. The Bertz CT molecular complexity index is 842. The van der Waals surface area contributed by atoms with Crippen LogP contribution in [0.3, 0.4) is 0 Å². The van der Waals surface area contributed by atoms with Crippen LogP contribution in [-0.4, -0.2) is 14.9 Å². The summed E-state index contributed by atoms with van der Waals surface area (Å²) in [5.74, 6) is 0. The number of benzene rings is 2. The Kier molecular flexibility index (Phi) is 5.13. The topological polar surface area (TPSA) is 41.9 Å². The summed E-state index contributed by atoms with van der Waals surface area (Å²) >= 11 is 11.2. The minimum Gasteiger partial charge on any atom is -0.332 e. The molecule has 4 nitrogen and oxygen atoms in total.